The van der Waals surface area contributed by atoms with Gasteiger partial charge in [-0.25, -0.2) is 9.67 Å². The first-order chi connectivity index (χ1) is 16.2. The van der Waals surface area contributed by atoms with E-state index < -0.39 is 0 Å². The van der Waals surface area contributed by atoms with Crippen molar-refractivity contribution in [1.82, 2.24) is 29.8 Å². The Hall–Kier alpha value is -4.53. The van der Waals surface area contributed by atoms with Crippen molar-refractivity contribution in [2.45, 2.75) is 13.2 Å². The number of benzene rings is 2. The van der Waals surface area contributed by atoms with E-state index in [1.165, 1.54) is 6.33 Å². The van der Waals surface area contributed by atoms with Crippen LogP contribution in [0.25, 0.3) is 16.6 Å². The molecule has 0 aliphatic carbocycles. The Bertz CT molecular complexity index is 1380. The molecule has 0 aliphatic heterocycles. The largest absolute Gasteiger partial charge is 0.486 e. The van der Waals surface area contributed by atoms with E-state index in [9.17, 15) is 4.79 Å². The number of hydrogen-bond acceptors (Lipinski definition) is 7. The number of fused-ring (bicyclic) bond motifs is 1. The van der Waals surface area contributed by atoms with Crippen LogP contribution in [-0.2, 0) is 13.2 Å². The fourth-order valence-electron chi connectivity index (χ4n) is 3.38. The van der Waals surface area contributed by atoms with Crippen LogP contribution in [0.4, 0.5) is 0 Å². The summed E-state index contributed by atoms with van der Waals surface area (Å²) < 4.78 is 12.7. The van der Waals surface area contributed by atoms with E-state index in [1.807, 2.05) is 60.7 Å². The summed E-state index contributed by atoms with van der Waals surface area (Å²) in [4.78, 5) is 22.9. The van der Waals surface area contributed by atoms with Gasteiger partial charge in [-0.1, -0.05) is 29.4 Å². The van der Waals surface area contributed by atoms with Gasteiger partial charge < -0.3 is 14.2 Å². The van der Waals surface area contributed by atoms with E-state index in [4.69, 9.17) is 9.26 Å². The lowest BCUT2D eigenvalue weighted by molar-refractivity contribution is 0.0773. The fraction of sp³-hybridized carbons (Fsp3) is 0.125. The molecule has 5 aromatic rings. The van der Waals surface area contributed by atoms with Crippen LogP contribution in [0.1, 0.15) is 21.9 Å². The first-order valence-corrected chi connectivity index (χ1v) is 10.3. The second-order valence-corrected chi connectivity index (χ2v) is 7.46. The van der Waals surface area contributed by atoms with Crippen molar-refractivity contribution in [2.24, 2.45) is 0 Å². The minimum Gasteiger partial charge on any atom is -0.486 e. The summed E-state index contributed by atoms with van der Waals surface area (Å²) in [5.41, 5.74) is 2.78. The van der Waals surface area contributed by atoms with E-state index in [-0.39, 0.29) is 18.2 Å². The Labute approximate surface area is 189 Å². The highest BCUT2D eigenvalue weighted by Crippen LogP contribution is 2.17. The van der Waals surface area contributed by atoms with E-state index in [0.29, 0.717) is 18.1 Å². The number of amides is 1. The third-order valence-corrected chi connectivity index (χ3v) is 5.08. The lowest BCUT2D eigenvalue weighted by Crippen LogP contribution is -2.26. The maximum absolute atomic E-state index is 12.8. The van der Waals surface area contributed by atoms with Gasteiger partial charge in [0.25, 0.3) is 5.91 Å². The number of ether oxygens (including phenoxy) is 1. The molecule has 0 N–H and O–H groups in total. The molecule has 0 saturated heterocycles. The second kappa shape index (κ2) is 8.91. The molecule has 0 aliphatic rings. The van der Waals surface area contributed by atoms with E-state index in [2.05, 4.69) is 20.2 Å². The molecule has 0 radical (unpaired) electrons. The monoisotopic (exact) mass is 440 g/mol. The molecule has 0 fully saturated rings. The van der Waals surface area contributed by atoms with Crippen LogP contribution in [-0.4, -0.2) is 42.8 Å². The first kappa shape index (κ1) is 20.4. The summed E-state index contributed by atoms with van der Waals surface area (Å²) >= 11 is 0. The average molecular weight is 440 g/mol. The number of aromatic nitrogens is 5. The number of para-hydroxylation sites is 1. The third kappa shape index (κ3) is 4.57. The summed E-state index contributed by atoms with van der Waals surface area (Å²) in [5, 5.41) is 9.05. The van der Waals surface area contributed by atoms with Gasteiger partial charge in [-0.3, -0.25) is 9.78 Å². The number of pyridine rings is 1. The van der Waals surface area contributed by atoms with Crippen molar-refractivity contribution in [3.05, 3.63) is 96.5 Å². The van der Waals surface area contributed by atoms with Gasteiger partial charge in [0, 0.05) is 18.5 Å². The average Bonchev–Trinajstić information content (AvgIpc) is 3.55. The van der Waals surface area contributed by atoms with Crippen molar-refractivity contribution in [1.29, 1.82) is 0 Å². The molecule has 33 heavy (non-hydrogen) atoms. The third-order valence-electron chi connectivity index (χ3n) is 5.08. The van der Waals surface area contributed by atoms with Crippen LogP contribution in [0.2, 0.25) is 0 Å². The van der Waals surface area contributed by atoms with Crippen LogP contribution in [0.3, 0.4) is 0 Å². The number of hydrogen-bond donors (Lipinski definition) is 0. The second-order valence-electron chi connectivity index (χ2n) is 7.46. The highest BCUT2D eigenvalue weighted by Gasteiger charge is 2.18. The highest BCUT2D eigenvalue weighted by atomic mass is 16.5. The predicted molar refractivity (Wildman–Crippen MR) is 120 cm³/mol. The van der Waals surface area contributed by atoms with Crippen molar-refractivity contribution in [3.63, 3.8) is 0 Å². The van der Waals surface area contributed by atoms with Crippen LogP contribution in [0.15, 0.2) is 83.9 Å². The summed E-state index contributed by atoms with van der Waals surface area (Å²) in [5.74, 6) is 0.857. The van der Waals surface area contributed by atoms with Gasteiger partial charge in [0.1, 0.15) is 25.0 Å². The minimum atomic E-state index is -0.253. The molecule has 0 unspecified atom stereocenters. The standard InChI is InChI=1S/C24H20N6O3/c1-29(13-18-7-6-17-4-2-3-5-22(17)27-18)24(31)23-12-21(33-28-23)14-32-20-10-8-19(9-11-20)30-16-25-15-26-30/h2-12,15-16H,13-14H2,1H3. The smallest absolute Gasteiger partial charge is 0.276 e. The van der Waals surface area contributed by atoms with Crippen molar-refractivity contribution in [2.75, 3.05) is 7.05 Å². The summed E-state index contributed by atoms with van der Waals surface area (Å²) in [6.07, 6.45) is 3.10. The maximum Gasteiger partial charge on any atom is 0.276 e. The SMILES string of the molecule is CN(Cc1ccc2ccccc2n1)C(=O)c1cc(COc2ccc(-n3cncn3)cc2)on1. The molecular formula is C24H20N6O3. The van der Waals surface area contributed by atoms with Gasteiger partial charge in [0.15, 0.2) is 11.5 Å². The first-order valence-electron chi connectivity index (χ1n) is 10.3. The normalized spacial score (nSPS) is 10.9. The number of nitrogens with zero attached hydrogens (tertiary/aromatic N) is 6. The van der Waals surface area contributed by atoms with Crippen molar-refractivity contribution in [3.8, 4) is 11.4 Å². The van der Waals surface area contributed by atoms with E-state index in [1.54, 1.807) is 29.0 Å². The van der Waals surface area contributed by atoms with E-state index >= 15 is 0 Å². The molecule has 9 heteroatoms. The summed E-state index contributed by atoms with van der Waals surface area (Å²) in [6, 6.07) is 20.8. The number of carbonyl (C=O) groups is 1. The predicted octanol–water partition coefficient (Wildman–Crippen LogP) is 3.65. The molecule has 3 heterocycles. The lowest BCUT2D eigenvalue weighted by atomic mass is 10.2. The highest BCUT2D eigenvalue weighted by molar-refractivity contribution is 5.92. The molecule has 0 bridgehead atoms. The Balaban J connectivity index is 1.19. The fourth-order valence-corrected chi connectivity index (χ4v) is 3.38. The molecule has 0 atom stereocenters. The molecule has 2 aromatic carbocycles. The molecule has 0 spiro atoms. The van der Waals surface area contributed by atoms with Crippen LogP contribution in [0, 0.1) is 0 Å². The Kier molecular flexibility index (Phi) is 5.50. The Morgan fingerprint density at radius 2 is 1.94 bits per heavy atom. The topological polar surface area (TPSA) is 99.2 Å². The minimum absolute atomic E-state index is 0.152. The Morgan fingerprint density at radius 1 is 1.09 bits per heavy atom. The van der Waals surface area contributed by atoms with Gasteiger partial charge in [-0.05, 0) is 36.4 Å². The maximum atomic E-state index is 12.8. The molecule has 9 nitrogen and oxygen atoms in total. The lowest BCUT2D eigenvalue weighted by Gasteiger charge is -2.15. The van der Waals surface area contributed by atoms with Crippen molar-refractivity contribution >= 4 is 16.8 Å². The van der Waals surface area contributed by atoms with Gasteiger partial charge >= 0.3 is 0 Å². The zero-order valence-electron chi connectivity index (χ0n) is 17.8. The molecule has 5 rings (SSSR count). The van der Waals surface area contributed by atoms with Crippen LogP contribution < -0.4 is 4.74 Å². The zero-order valence-corrected chi connectivity index (χ0v) is 17.8. The zero-order chi connectivity index (χ0) is 22.6. The molecule has 3 aromatic heterocycles. The number of carbonyl (C=O) groups excluding carboxylic acids is 1. The summed E-state index contributed by atoms with van der Waals surface area (Å²) in [7, 11) is 1.71. The van der Waals surface area contributed by atoms with Gasteiger partial charge in [-0.2, -0.15) is 5.10 Å². The Morgan fingerprint density at radius 3 is 2.76 bits per heavy atom. The number of rotatable bonds is 7. The van der Waals surface area contributed by atoms with Crippen molar-refractivity contribution < 1.29 is 14.1 Å². The quantitative estimate of drug-likeness (QED) is 0.381. The summed E-state index contributed by atoms with van der Waals surface area (Å²) in [6.45, 7) is 0.513. The van der Waals surface area contributed by atoms with Gasteiger partial charge in [0.2, 0.25) is 0 Å². The van der Waals surface area contributed by atoms with E-state index in [0.717, 1.165) is 22.3 Å². The molecule has 164 valence electrons. The van der Waals surface area contributed by atoms with Gasteiger partial charge in [-0.15, -0.1) is 0 Å². The van der Waals surface area contributed by atoms with Gasteiger partial charge in [0.05, 0.1) is 23.4 Å². The van der Waals surface area contributed by atoms with Crippen LogP contribution in [0.5, 0.6) is 5.75 Å². The molecular weight excluding hydrogens is 420 g/mol. The molecule has 0 saturated carbocycles. The van der Waals surface area contributed by atoms with Crippen LogP contribution >= 0.6 is 0 Å². The molecule has 1 amide bonds.